The molecule has 0 aliphatic carbocycles. The van der Waals surface area contributed by atoms with Crippen LogP contribution in [0.15, 0.2) is 36.8 Å². The maximum Gasteiger partial charge on any atom is 0.266 e. The molecule has 1 amide bonds. The Hall–Kier alpha value is -2.17. The van der Waals surface area contributed by atoms with Crippen molar-refractivity contribution in [2.75, 3.05) is 0 Å². The molecule has 2 aromatic heterocycles. The second kappa shape index (κ2) is 3.91. The third kappa shape index (κ3) is 2.01. The molecule has 0 radical (unpaired) electrons. The Labute approximate surface area is 86.5 Å². The second-order valence-electron chi connectivity index (χ2n) is 3.10. The van der Waals surface area contributed by atoms with Gasteiger partial charge in [-0.3, -0.25) is 14.5 Å². The van der Waals surface area contributed by atoms with E-state index in [1.165, 1.54) is 0 Å². The molecule has 5 heteroatoms. The maximum absolute atomic E-state index is 11.0. The molecular formula is C10H10N4O. The first-order chi connectivity index (χ1) is 7.27. The van der Waals surface area contributed by atoms with Gasteiger partial charge in [0.2, 0.25) is 0 Å². The molecule has 0 atom stereocenters. The molecule has 0 fully saturated rings. The lowest BCUT2D eigenvalue weighted by Gasteiger charge is -2.04. The van der Waals surface area contributed by atoms with E-state index in [0.29, 0.717) is 12.2 Å². The molecule has 2 heterocycles. The highest BCUT2D eigenvalue weighted by Gasteiger charge is 2.07. The summed E-state index contributed by atoms with van der Waals surface area (Å²) >= 11 is 0. The highest BCUT2D eigenvalue weighted by atomic mass is 16.1. The lowest BCUT2D eigenvalue weighted by molar-refractivity contribution is 0.0990. The summed E-state index contributed by atoms with van der Waals surface area (Å²) in [5.74, 6) is -0.476. The number of carbonyl (C=O) groups excluding carboxylic acids is 1. The number of nitrogens with zero attached hydrogens (tertiary/aromatic N) is 3. The van der Waals surface area contributed by atoms with Crippen molar-refractivity contribution < 1.29 is 4.79 Å². The van der Waals surface area contributed by atoms with Crippen molar-refractivity contribution >= 4 is 5.91 Å². The monoisotopic (exact) mass is 202 g/mol. The highest BCUT2D eigenvalue weighted by Crippen LogP contribution is 2.03. The van der Waals surface area contributed by atoms with E-state index >= 15 is 0 Å². The van der Waals surface area contributed by atoms with Gasteiger partial charge in [0.1, 0.15) is 5.69 Å². The standard InChI is InChI=1S/C10H10N4O/c11-10(15)9-3-5-13-14(9)7-8-2-1-4-12-6-8/h1-6H,7H2,(H2,11,15). The van der Waals surface area contributed by atoms with Crippen LogP contribution < -0.4 is 5.73 Å². The third-order valence-electron chi connectivity index (χ3n) is 2.02. The molecule has 0 aliphatic rings. The van der Waals surface area contributed by atoms with Gasteiger partial charge < -0.3 is 5.73 Å². The lowest BCUT2D eigenvalue weighted by Crippen LogP contribution is -2.18. The Kier molecular flexibility index (Phi) is 2.45. The molecule has 2 rings (SSSR count). The number of hydrogen-bond acceptors (Lipinski definition) is 3. The Morgan fingerprint density at radius 1 is 1.40 bits per heavy atom. The lowest BCUT2D eigenvalue weighted by atomic mass is 10.3. The fourth-order valence-corrected chi connectivity index (χ4v) is 1.33. The number of nitrogens with two attached hydrogens (primary N) is 1. The van der Waals surface area contributed by atoms with E-state index in [-0.39, 0.29) is 0 Å². The van der Waals surface area contributed by atoms with Crippen LogP contribution in [0.25, 0.3) is 0 Å². The summed E-state index contributed by atoms with van der Waals surface area (Å²) in [5, 5.41) is 4.02. The van der Waals surface area contributed by atoms with Gasteiger partial charge in [-0.05, 0) is 17.7 Å². The summed E-state index contributed by atoms with van der Waals surface area (Å²) in [7, 11) is 0. The van der Waals surface area contributed by atoms with Crippen molar-refractivity contribution in [1.29, 1.82) is 0 Å². The first-order valence-corrected chi connectivity index (χ1v) is 4.48. The van der Waals surface area contributed by atoms with Crippen LogP contribution in [0.3, 0.4) is 0 Å². The molecule has 0 aromatic carbocycles. The van der Waals surface area contributed by atoms with Crippen molar-refractivity contribution in [1.82, 2.24) is 14.8 Å². The normalized spacial score (nSPS) is 10.1. The predicted octanol–water partition coefficient (Wildman–Crippen LogP) is 0.425. The fourth-order valence-electron chi connectivity index (χ4n) is 1.33. The fraction of sp³-hybridized carbons (Fsp3) is 0.100. The minimum atomic E-state index is -0.476. The Morgan fingerprint density at radius 3 is 2.93 bits per heavy atom. The van der Waals surface area contributed by atoms with Gasteiger partial charge >= 0.3 is 0 Å². The molecule has 76 valence electrons. The number of primary amides is 1. The number of amides is 1. The van der Waals surface area contributed by atoms with Crippen LogP contribution in [0.2, 0.25) is 0 Å². The molecular weight excluding hydrogens is 192 g/mol. The maximum atomic E-state index is 11.0. The number of aromatic nitrogens is 3. The molecule has 0 bridgehead atoms. The molecule has 0 unspecified atom stereocenters. The summed E-state index contributed by atoms with van der Waals surface area (Å²) in [6, 6.07) is 5.35. The predicted molar refractivity (Wildman–Crippen MR) is 54.1 cm³/mol. The molecule has 2 N–H and O–H groups in total. The Morgan fingerprint density at radius 2 is 2.27 bits per heavy atom. The first-order valence-electron chi connectivity index (χ1n) is 4.48. The van der Waals surface area contributed by atoms with Crippen molar-refractivity contribution in [3.63, 3.8) is 0 Å². The average Bonchev–Trinajstić information content (AvgIpc) is 2.67. The van der Waals surface area contributed by atoms with Crippen LogP contribution in [0.1, 0.15) is 16.1 Å². The van der Waals surface area contributed by atoms with Crippen LogP contribution in [0.4, 0.5) is 0 Å². The Balaban J connectivity index is 2.25. The quantitative estimate of drug-likeness (QED) is 0.784. The van der Waals surface area contributed by atoms with Crippen LogP contribution in [-0.2, 0) is 6.54 Å². The van der Waals surface area contributed by atoms with E-state index in [9.17, 15) is 4.79 Å². The van der Waals surface area contributed by atoms with Crippen LogP contribution in [0, 0.1) is 0 Å². The molecule has 0 saturated carbocycles. The van der Waals surface area contributed by atoms with Gasteiger partial charge in [-0.15, -0.1) is 0 Å². The summed E-state index contributed by atoms with van der Waals surface area (Å²) in [6.45, 7) is 0.499. The zero-order valence-corrected chi connectivity index (χ0v) is 8.00. The average molecular weight is 202 g/mol. The van der Waals surface area contributed by atoms with Crippen molar-refractivity contribution in [2.24, 2.45) is 5.73 Å². The highest BCUT2D eigenvalue weighted by molar-refractivity contribution is 5.90. The summed E-state index contributed by atoms with van der Waals surface area (Å²) in [6.07, 6.45) is 4.98. The molecule has 0 spiro atoms. The van der Waals surface area contributed by atoms with Gasteiger partial charge in [0.05, 0.1) is 6.54 Å². The van der Waals surface area contributed by atoms with E-state index in [4.69, 9.17) is 5.73 Å². The number of hydrogen-bond donors (Lipinski definition) is 1. The van der Waals surface area contributed by atoms with Gasteiger partial charge in [0, 0.05) is 18.6 Å². The van der Waals surface area contributed by atoms with Crippen LogP contribution >= 0.6 is 0 Å². The van der Waals surface area contributed by atoms with E-state index in [0.717, 1.165) is 5.56 Å². The number of carbonyl (C=O) groups is 1. The van der Waals surface area contributed by atoms with Crippen molar-refractivity contribution in [3.05, 3.63) is 48.0 Å². The van der Waals surface area contributed by atoms with Gasteiger partial charge in [-0.2, -0.15) is 5.10 Å². The zero-order valence-electron chi connectivity index (χ0n) is 8.00. The second-order valence-corrected chi connectivity index (χ2v) is 3.10. The van der Waals surface area contributed by atoms with Gasteiger partial charge in [0.15, 0.2) is 0 Å². The molecule has 0 saturated heterocycles. The van der Waals surface area contributed by atoms with E-state index < -0.39 is 5.91 Å². The molecule has 2 aromatic rings. The van der Waals surface area contributed by atoms with Crippen LogP contribution in [0.5, 0.6) is 0 Å². The third-order valence-corrected chi connectivity index (χ3v) is 2.02. The smallest absolute Gasteiger partial charge is 0.266 e. The van der Waals surface area contributed by atoms with Crippen molar-refractivity contribution in [2.45, 2.75) is 6.54 Å². The minimum absolute atomic E-state index is 0.402. The van der Waals surface area contributed by atoms with E-state index in [2.05, 4.69) is 10.1 Å². The SMILES string of the molecule is NC(=O)c1ccnn1Cc1cccnc1. The topological polar surface area (TPSA) is 73.8 Å². The van der Waals surface area contributed by atoms with Gasteiger partial charge in [-0.1, -0.05) is 6.07 Å². The van der Waals surface area contributed by atoms with Crippen LogP contribution in [-0.4, -0.2) is 20.7 Å². The first kappa shape index (κ1) is 9.39. The zero-order chi connectivity index (χ0) is 10.7. The largest absolute Gasteiger partial charge is 0.364 e. The number of pyridine rings is 1. The summed E-state index contributed by atoms with van der Waals surface area (Å²) in [5.41, 5.74) is 6.57. The van der Waals surface area contributed by atoms with E-state index in [1.54, 1.807) is 29.3 Å². The summed E-state index contributed by atoms with van der Waals surface area (Å²) in [4.78, 5) is 15.0. The van der Waals surface area contributed by atoms with Gasteiger partial charge in [-0.25, -0.2) is 0 Å². The van der Waals surface area contributed by atoms with Crippen molar-refractivity contribution in [3.8, 4) is 0 Å². The molecule has 0 aliphatic heterocycles. The number of rotatable bonds is 3. The molecule has 5 nitrogen and oxygen atoms in total. The van der Waals surface area contributed by atoms with E-state index in [1.807, 2.05) is 12.1 Å². The summed E-state index contributed by atoms with van der Waals surface area (Å²) < 4.78 is 1.55. The molecule has 15 heavy (non-hydrogen) atoms. The van der Waals surface area contributed by atoms with Gasteiger partial charge in [0.25, 0.3) is 5.91 Å². The Bertz CT molecular complexity index is 463. The minimum Gasteiger partial charge on any atom is -0.364 e.